The molecule has 0 amide bonds. The van der Waals surface area contributed by atoms with Crippen molar-refractivity contribution in [2.45, 2.75) is 12.8 Å². The monoisotopic (exact) mass is 280 g/mol. The molecule has 1 rings (SSSR count). The minimum absolute atomic E-state index is 0.153. The minimum Gasteiger partial charge on any atom is -0.481 e. The number of hydrogen-bond acceptors (Lipinski definition) is 1. The van der Waals surface area contributed by atoms with Crippen molar-refractivity contribution in [3.8, 4) is 0 Å². The molecule has 1 N–H and O–H groups in total. The summed E-state index contributed by atoms with van der Waals surface area (Å²) in [7, 11) is 0. The molecule has 0 aliphatic heterocycles. The van der Waals surface area contributed by atoms with E-state index < -0.39 is 17.7 Å². The highest BCUT2D eigenvalue weighted by Gasteiger charge is 2.16. The lowest BCUT2D eigenvalue weighted by Crippen LogP contribution is -2.07. The first-order valence-corrected chi connectivity index (χ1v) is 4.98. The summed E-state index contributed by atoms with van der Waals surface area (Å²) in [6, 6.07) is 2.60. The molecule has 0 bridgehead atoms. The Kier molecular flexibility index (Phi) is 3.50. The molecule has 0 fully saturated rings. The van der Waals surface area contributed by atoms with Gasteiger partial charge < -0.3 is 5.11 Å². The Morgan fingerprint density at radius 1 is 1.64 bits per heavy atom. The van der Waals surface area contributed by atoms with E-state index in [0.29, 0.717) is 5.56 Å². The van der Waals surface area contributed by atoms with Gasteiger partial charge in [0.05, 0.1) is 15.4 Å². The molecule has 0 aliphatic rings. The van der Waals surface area contributed by atoms with Gasteiger partial charge in [-0.3, -0.25) is 4.79 Å². The van der Waals surface area contributed by atoms with E-state index in [2.05, 4.69) is 15.9 Å². The molecular formula is C9H7BrClFO2. The van der Waals surface area contributed by atoms with E-state index in [9.17, 15) is 9.18 Å². The molecule has 0 radical (unpaired) electrons. The Balaban J connectivity index is 3.19. The van der Waals surface area contributed by atoms with Crippen LogP contribution in [0, 0.1) is 5.82 Å². The lowest BCUT2D eigenvalue weighted by molar-refractivity contribution is -0.138. The van der Waals surface area contributed by atoms with E-state index in [4.69, 9.17) is 16.7 Å². The van der Waals surface area contributed by atoms with Gasteiger partial charge in [0, 0.05) is 0 Å². The summed E-state index contributed by atoms with van der Waals surface area (Å²) >= 11 is 8.63. The molecule has 14 heavy (non-hydrogen) atoms. The third-order valence-electron chi connectivity index (χ3n) is 1.88. The van der Waals surface area contributed by atoms with Crippen LogP contribution in [0.3, 0.4) is 0 Å². The van der Waals surface area contributed by atoms with Crippen LogP contribution in [-0.4, -0.2) is 11.1 Å². The lowest BCUT2D eigenvalue weighted by atomic mass is 10.0. The van der Waals surface area contributed by atoms with Crippen molar-refractivity contribution in [2.24, 2.45) is 0 Å². The summed E-state index contributed by atoms with van der Waals surface area (Å²) in [5.41, 5.74) is 0.350. The fourth-order valence-corrected chi connectivity index (χ4v) is 1.41. The van der Waals surface area contributed by atoms with Gasteiger partial charge in [-0.2, -0.15) is 0 Å². The van der Waals surface area contributed by atoms with Gasteiger partial charge in [-0.1, -0.05) is 11.6 Å². The smallest absolute Gasteiger partial charge is 0.310 e. The predicted octanol–water partition coefficient (Wildman–Crippen LogP) is 3.43. The van der Waals surface area contributed by atoms with Gasteiger partial charge in [0.15, 0.2) is 0 Å². The standard InChI is InChI=1S/C9H7BrClFO2/c1-4(9(13)14)5-2-6(11)8(10)7(12)3-5/h2-4H,1H3,(H,13,14). The van der Waals surface area contributed by atoms with Gasteiger partial charge >= 0.3 is 5.97 Å². The van der Waals surface area contributed by atoms with Gasteiger partial charge in [-0.15, -0.1) is 0 Å². The first kappa shape index (κ1) is 11.5. The molecule has 0 heterocycles. The van der Waals surface area contributed by atoms with E-state index in [-0.39, 0.29) is 9.50 Å². The van der Waals surface area contributed by atoms with Gasteiger partial charge in [0.1, 0.15) is 5.82 Å². The Bertz CT molecular complexity index is 358. The zero-order valence-electron chi connectivity index (χ0n) is 7.22. The second-order valence-electron chi connectivity index (χ2n) is 2.86. The predicted molar refractivity (Wildman–Crippen MR) is 55.2 cm³/mol. The SMILES string of the molecule is CC(C(=O)O)c1cc(F)c(Br)c(Cl)c1. The highest BCUT2D eigenvalue weighted by Crippen LogP contribution is 2.29. The van der Waals surface area contributed by atoms with Gasteiger partial charge in [-0.05, 0) is 40.5 Å². The average molecular weight is 282 g/mol. The number of carbonyl (C=O) groups is 1. The van der Waals surface area contributed by atoms with E-state index >= 15 is 0 Å². The largest absolute Gasteiger partial charge is 0.481 e. The summed E-state index contributed by atoms with van der Waals surface area (Å²) in [4.78, 5) is 10.6. The highest BCUT2D eigenvalue weighted by molar-refractivity contribution is 9.10. The topological polar surface area (TPSA) is 37.3 Å². The summed E-state index contributed by atoms with van der Waals surface area (Å²) < 4.78 is 13.3. The molecule has 2 nitrogen and oxygen atoms in total. The summed E-state index contributed by atoms with van der Waals surface area (Å²) in [6.45, 7) is 1.47. The molecular weight excluding hydrogens is 274 g/mol. The van der Waals surface area contributed by atoms with Crippen molar-refractivity contribution in [2.75, 3.05) is 0 Å². The summed E-state index contributed by atoms with van der Waals surface area (Å²) in [6.07, 6.45) is 0. The molecule has 1 unspecified atom stereocenters. The Morgan fingerprint density at radius 3 is 2.64 bits per heavy atom. The molecule has 0 aliphatic carbocycles. The fourth-order valence-electron chi connectivity index (χ4n) is 0.968. The van der Waals surface area contributed by atoms with E-state index in [0.717, 1.165) is 6.07 Å². The lowest BCUT2D eigenvalue weighted by Gasteiger charge is -2.08. The number of halogens is 3. The average Bonchev–Trinajstić information content (AvgIpc) is 2.12. The number of hydrogen-bond donors (Lipinski definition) is 1. The maximum atomic E-state index is 13.1. The molecule has 5 heteroatoms. The number of aliphatic carboxylic acids is 1. The zero-order valence-corrected chi connectivity index (χ0v) is 9.56. The van der Waals surface area contributed by atoms with Crippen molar-refractivity contribution in [1.82, 2.24) is 0 Å². The molecule has 1 atom stereocenters. The number of carboxylic acids is 1. The summed E-state index contributed by atoms with van der Waals surface area (Å²) in [5.74, 6) is -2.33. The second kappa shape index (κ2) is 4.28. The van der Waals surface area contributed by atoms with E-state index in [1.807, 2.05) is 0 Å². The Morgan fingerprint density at radius 2 is 2.21 bits per heavy atom. The Hall–Kier alpha value is -0.610. The maximum absolute atomic E-state index is 13.1. The van der Waals surface area contributed by atoms with Crippen molar-refractivity contribution in [3.05, 3.63) is 33.0 Å². The molecule has 76 valence electrons. The van der Waals surface area contributed by atoms with Gasteiger partial charge in [0.25, 0.3) is 0 Å². The maximum Gasteiger partial charge on any atom is 0.310 e. The van der Waals surface area contributed by atoms with Crippen LogP contribution in [-0.2, 0) is 4.79 Å². The molecule has 0 saturated heterocycles. The zero-order chi connectivity index (χ0) is 10.9. The second-order valence-corrected chi connectivity index (χ2v) is 4.06. The number of benzene rings is 1. The van der Waals surface area contributed by atoms with Crippen molar-refractivity contribution in [3.63, 3.8) is 0 Å². The van der Waals surface area contributed by atoms with Crippen LogP contribution in [0.1, 0.15) is 18.4 Å². The molecule has 0 saturated carbocycles. The van der Waals surface area contributed by atoms with Crippen LogP contribution >= 0.6 is 27.5 Å². The van der Waals surface area contributed by atoms with Crippen molar-refractivity contribution >= 4 is 33.5 Å². The van der Waals surface area contributed by atoms with E-state index in [1.165, 1.54) is 13.0 Å². The van der Waals surface area contributed by atoms with Crippen LogP contribution in [0.5, 0.6) is 0 Å². The van der Waals surface area contributed by atoms with Crippen molar-refractivity contribution in [1.29, 1.82) is 0 Å². The third kappa shape index (κ3) is 2.25. The number of carboxylic acid groups (broad SMARTS) is 1. The van der Waals surface area contributed by atoms with Crippen LogP contribution in [0.25, 0.3) is 0 Å². The highest BCUT2D eigenvalue weighted by atomic mass is 79.9. The van der Waals surface area contributed by atoms with Crippen molar-refractivity contribution < 1.29 is 14.3 Å². The Labute approximate surface area is 93.8 Å². The number of rotatable bonds is 2. The summed E-state index contributed by atoms with van der Waals surface area (Å²) in [5, 5.41) is 8.88. The van der Waals surface area contributed by atoms with E-state index in [1.54, 1.807) is 0 Å². The molecule has 0 spiro atoms. The van der Waals surface area contributed by atoms with Crippen LogP contribution in [0.15, 0.2) is 16.6 Å². The van der Waals surface area contributed by atoms with Crippen LogP contribution in [0.4, 0.5) is 4.39 Å². The molecule has 1 aromatic carbocycles. The van der Waals surface area contributed by atoms with Crippen LogP contribution in [0.2, 0.25) is 5.02 Å². The van der Waals surface area contributed by atoms with Gasteiger partial charge in [0.2, 0.25) is 0 Å². The van der Waals surface area contributed by atoms with Crippen LogP contribution < -0.4 is 0 Å². The molecule has 1 aromatic rings. The molecule has 0 aromatic heterocycles. The quantitative estimate of drug-likeness (QED) is 0.843. The normalized spacial score (nSPS) is 12.6. The third-order valence-corrected chi connectivity index (χ3v) is 3.21. The fraction of sp³-hybridized carbons (Fsp3) is 0.222. The van der Waals surface area contributed by atoms with Gasteiger partial charge in [-0.25, -0.2) is 4.39 Å². The minimum atomic E-state index is -1.01. The first-order valence-electron chi connectivity index (χ1n) is 3.80. The first-order chi connectivity index (χ1) is 6.43.